The summed E-state index contributed by atoms with van der Waals surface area (Å²) in [5.41, 5.74) is 3.54. The van der Waals surface area contributed by atoms with Gasteiger partial charge in [0, 0.05) is 24.4 Å². The van der Waals surface area contributed by atoms with Gasteiger partial charge in [-0.3, -0.25) is 4.79 Å². The molecule has 0 fully saturated rings. The summed E-state index contributed by atoms with van der Waals surface area (Å²) in [6.45, 7) is 1.46. The molecule has 2 heterocycles. The monoisotopic (exact) mass is 229 g/mol. The van der Waals surface area contributed by atoms with Crippen molar-refractivity contribution in [1.29, 1.82) is 0 Å². The smallest absolute Gasteiger partial charge is 0.308 e. The molecule has 17 heavy (non-hydrogen) atoms. The van der Waals surface area contributed by atoms with Crippen LogP contribution in [0.15, 0.2) is 24.4 Å². The van der Waals surface area contributed by atoms with Crippen LogP contribution in [0, 0.1) is 0 Å². The van der Waals surface area contributed by atoms with Gasteiger partial charge in [-0.25, -0.2) is 0 Å². The van der Waals surface area contributed by atoms with Gasteiger partial charge in [0.1, 0.15) is 0 Å². The van der Waals surface area contributed by atoms with Crippen molar-refractivity contribution in [3.63, 3.8) is 0 Å². The fraction of sp³-hybridized carbons (Fsp3) is 0.357. The van der Waals surface area contributed by atoms with Gasteiger partial charge in [-0.15, -0.1) is 0 Å². The van der Waals surface area contributed by atoms with Crippen molar-refractivity contribution < 1.29 is 9.53 Å². The van der Waals surface area contributed by atoms with Gasteiger partial charge in [0.05, 0.1) is 5.52 Å². The van der Waals surface area contributed by atoms with Crippen molar-refractivity contribution >= 4 is 11.5 Å². The molecule has 3 rings (SSSR count). The van der Waals surface area contributed by atoms with Gasteiger partial charge in [0.2, 0.25) is 0 Å². The summed E-state index contributed by atoms with van der Waals surface area (Å²) in [4.78, 5) is 11.2. The van der Waals surface area contributed by atoms with Crippen molar-refractivity contribution in [2.75, 3.05) is 0 Å². The molecule has 0 bridgehead atoms. The van der Waals surface area contributed by atoms with Gasteiger partial charge >= 0.3 is 5.97 Å². The fourth-order valence-corrected chi connectivity index (χ4v) is 2.68. The van der Waals surface area contributed by atoms with Crippen LogP contribution in [0.3, 0.4) is 0 Å². The van der Waals surface area contributed by atoms with E-state index in [1.807, 2.05) is 24.4 Å². The van der Waals surface area contributed by atoms with Gasteiger partial charge < -0.3 is 9.14 Å². The zero-order valence-corrected chi connectivity index (χ0v) is 9.90. The van der Waals surface area contributed by atoms with Crippen molar-refractivity contribution in [2.24, 2.45) is 0 Å². The topological polar surface area (TPSA) is 30.7 Å². The fourth-order valence-electron chi connectivity index (χ4n) is 2.68. The standard InChI is InChI=1S/C14H15NO2/c1-10(16)17-14-11-6-2-3-7-12(11)15-9-5-4-8-13(14)15/h4-5,8-9H,2-3,6-7H2,1H3. The number of carbonyl (C=O) groups excluding carboxylic acids is 1. The molecule has 0 amide bonds. The molecular formula is C14H15NO2. The number of carbonyl (C=O) groups is 1. The summed E-state index contributed by atoms with van der Waals surface area (Å²) in [6.07, 6.45) is 6.53. The molecule has 2 aromatic rings. The van der Waals surface area contributed by atoms with Gasteiger partial charge in [0.15, 0.2) is 5.75 Å². The molecule has 1 aliphatic carbocycles. The largest absolute Gasteiger partial charge is 0.424 e. The van der Waals surface area contributed by atoms with Crippen LogP contribution in [0.25, 0.3) is 5.52 Å². The Hall–Kier alpha value is -1.77. The van der Waals surface area contributed by atoms with E-state index in [0.717, 1.165) is 24.1 Å². The van der Waals surface area contributed by atoms with E-state index in [4.69, 9.17) is 4.74 Å². The molecule has 0 N–H and O–H groups in total. The summed E-state index contributed by atoms with van der Waals surface area (Å²) in [7, 11) is 0. The van der Waals surface area contributed by atoms with E-state index in [2.05, 4.69) is 4.40 Å². The number of nitrogens with zero attached hydrogens (tertiary/aromatic N) is 1. The molecule has 88 valence electrons. The highest BCUT2D eigenvalue weighted by molar-refractivity contribution is 5.76. The Balaban J connectivity index is 2.27. The summed E-state index contributed by atoms with van der Waals surface area (Å²) < 4.78 is 7.57. The number of hydrogen-bond donors (Lipinski definition) is 0. The number of esters is 1. The maximum Gasteiger partial charge on any atom is 0.308 e. The van der Waals surface area contributed by atoms with E-state index in [1.165, 1.54) is 31.0 Å². The minimum absolute atomic E-state index is 0.241. The maximum absolute atomic E-state index is 11.2. The molecule has 0 spiro atoms. The lowest BCUT2D eigenvalue weighted by Crippen LogP contribution is -2.06. The Labute approximate surface area is 100 Å². The minimum Gasteiger partial charge on any atom is -0.424 e. The lowest BCUT2D eigenvalue weighted by molar-refractivity contribution is -0.131. The lowest BCUT2D eigenvalue weighted by Gasteiger charge is -2.12. The van der Waals surface area contributed by atoms with Crippen molar-refractivity contribution in [3.8, 4) is 5.75 Å². The number of aromatic nitrogens is 1. The highest BCUT2D eigenvalue weighted by Gasteiger charge is 2.22. The van der Waals surface area contributed by atoms with E-state index < -0.39 is 0 Å². The van der Waals surface area contributed by atoms with Crippen LogP contribution in [0.1, 0.15) is 31.0 Å². The highest BCUT2D eigenvalue weighted by atomic mass is 16.5. The van der Waals surface area contributed by atoms with Crippen molar-refractivity contribution in [1.82, 2.24) is 4.40 Å². The summed E-state index contributed by atoms with van der Waals surface area (Å²) >= 11 is 0. The highest BCUT2D eigenvalue weighted by Crippen LogP contribution is 2.36. The van der Waals surface area contributed by atoms with Crippen LogP contribution < -0.4 is 4.74 Å². The number of rotatable bonds is 1. The van der Waals surface area contributed by atoms with E-state index in [1.54, 1.807) is 0 Å². The number of aryl methyl sites for hydroxylation is 1. The molecule has 0 atom stereocenters. The number of hydrogen-bond acceptors (Lipinski definition) is 2. The first-order valence-electron chi connectivity index (χ1n) is 6.06. The minimum atomic E-state index is -0.241. The van der Waals surface area contributed by atoms with Gasteiger partial charge in [0.25, 0.3) is 0 Å². The Morgan fingerprint density at radius 2 is 2.12 bits per heavy atom. The lowest BCUT2D eigenvalue weighted by atomic mass is 9.97. The summed E-state index contributed by atoms with van der Waals surface area (Å²) in [6, 6.07) is 6.00. The third-order valence-corrected chi connectivity index (χ3v) is 3.34. The Kier molecular flexibility index (Phi) is 2.39. The third-order valence-electron chi connectivity index (χ3n) is 3.34. The second-order valence-corrected chi connectivity index (χ2v) is 4.51. The van der Waals surface area contributed by atoms with Crippen LogP contribution in [0.2, 0.25) is 0 Å². The Morgan fingerprint density at radius 1 is 1.29 bits per heavy atom. The summed E-state index contributed by atoms with van der Waals surface area (Å²) in [5.74, 6) is 0.530. The maximum atomic E-state index is 11.2. The molecule has 0 aromatic carbocycles. The molecule has 1 aliphatic rings. The first-order valence-corrected chi connectivity index (χ1v) is 6.06. The first kappa shape index (κ1) is 10.4. The quantitative estimate of drug-likeness (QED) is 0.704. The Bertz CT molecular complexity index is 583. The summed E-state index contributed by atoms with van der Waals surface area (Å²) in [5, 5.41) is 0. The molecular weight excluding hydrogens is 214 g/mol. The van der Waals surface area contributed by atoms with E-state index >= 15 is 0 Å². The van der Waals surface area contributed by atoms with Crippen LogP contribution in [0.4, 0.5) is 0 Å². The second-order valence-electron chi connectivity index (χ2n) is 4.51. The van der Waals surface area contributed by atoms with Crippen LogP contribution in [-0.2, 0) is 17.6 Å². The predicted molar refractivity (Wildman–Crippen MR) is 65.3 cm³/mol. The van der Waals surface area contributed by atoms with Crippen LogP contribution in [0.5, 0.6) is 5.75 Å². The number of ether oxygens (including phenoxy) is 1. The first-order chi connectivity index (χ1) is 8.27. The van der Waals surface area contributed by atoms with Crippen molar-refractivity contribution in [2.45, 2.75) is 32.6 Å². The zero-order chi connectivity index (χ0) is 11.8. The Morgan fingerprint density at radius 3 is 2.94 bits per heavy atom. The van der Waals surface area contributed by atoms with Gasteiger partial charge in [-0.1, -0.05) is 6.07 Å². The third kappa shape index (κ3) is 1.62. The second kappa shape index (κ2) is 3.91. The van der Waals surface area contributed by atoms with E-state index in [-0.39, 0.29) is 5.97 Å². The normalized spacial score (nSPS) is 14.6. The van der Waals surface area contributed by atoms with Gasteiger partial charge in [-0.05, 0) is 37.8 Å². The zero-order valence-electron chi connectivity index (χ0n) is 9.90. The molecule has 0 saturated carbocycles. The van der Waals surface area contributed by atoms with E-state index in [0.29, 0.717) is 0 Å². The predicted octanol–water partition coefficient (Wildman–Crippen LogP) is 2.74. The molecule has 3 heteroatoms. The van der Waals surface area contributed by atoms with Gasteiger partial charge in [-0.2, -0.15) is 0 Å². The van der Waals surface area contributed by atoms with Crippen LogP contribution >= 0.6 is 0 Å². The van der Waals surface area contributed by atoms with Crippen molar-refractivity contribution in [3.05, 3.63) is 35.7 Å². The van der Waals surface area contributed by atoms with Crippen LogP contribution in [-0.4, -0.2) is 10.4 Å². The molecule has 2 aromatic heterocycles. The SMILES string of the molecule is CC(=O)Oc1c2c(n3ccccc13)CCCC2. The van der Waals surface area contributed by atoms with E-state index in [9.17, 15) is 4.79 Å². The molecule has 3 nitrogen and oxygen atoms in total. The molecule has 0 radical (unpaired) electrons. The number of pyridine rings is 1. The molecule has 0 aliphatic heterocycles. The molecule has 0 saturated heterocycles. The molecule has 0 unspecified atom stereocenters. The average Bonchev–Trinajstić information content (AvgIpc) is 2.65. The number of fused-ring (bicyclic) bond motifs is 3. The average molecular weight is 229 g/mol.